The predicted molar refractivity (Wildman–Crippen MR) is 101 cm³/mol. The summed E-state index contributed by atoms with van der Waals surface area (Å²) in [4.78, 5) is 12.5. The van der Waals surface area contributed by atoms with Crippen LogP contribution in [0.15, 0.2) is 45.3 Å². The van der Waals surface area contributed by atoms with Crippen molar-refractivity contribution >= 4 is 23.4 Å². The van der Waals surface area contributed by atoms with Crippen LogP contribution >= 0.6 is 11.6 Å². The van der Waals surface area contributed by atoms with Crippen LogP contribution < -0.4 is 11.1 Å². The van der Waals surface area contributed by atoms with Gasteiger partial charge in [-0.25, -0.2) is 0 Å². The molecule has 0 atom stereocenters. The molecule has 3 N–H and O–H groups in total. The minimum Gasteiger partial charge on any atom is -0.454 e. The topological polar surface area (TPSA) is 94.3 Å². The minimum absolute atomic E-state index is 0.0336. The van der Waals surface area contributed by atoms with Crippen LogP contribution in [0.5, 0.6) is 0 Å². The molecule has 0 aliphatic carbocycles. The van der Waals surface area contributed by atoms with Crippen molar-refractivity contribution in [2.45, 2.75) is 26.2 Å². The molecule has 0 fully saturated rings. The Hall–Kier alpha value is -2.73. The van der Waals surface area contributed by atoms with Gasteiger partial charge in [0.15, 0.2) is 11.5 Å². The number of rotatable bonds is 7. The Kier molecular flexibility index (Phi) is 5.63. The third-order valence-electron chi connectivity index (χ3n) is 3.96. The number of benzene rings is 1. The number of anilines is 1. The number of amides is 1. The summed E-state index contributed by atoms with van der Waals surface area (Å²) in [6.45, 7) is 2.68. The van der Waals surface area contributed by atoms with Crippen molar-refractivity contribution in [1.82, 2.24) is 10.5 Å². The highest BCUT2D eigenvalue weighted by Crippen LogP contribution is 2.32. The summed E-state index contributed by atoms with van der Waals surface area (Å²) in [6.07, 6.45) is 3.03. The monoisotopic (exact) mass is 373 g/mol. The van der Waals surface area contributed by atoms with Crippen molar-refractivity contribution in [3.63, 3.8) is 0 Å². The Morgan fingerprint density at radius 3 is 2.81 bits per heavy atom. The Morgan fingerprint density at radius 2 is 2.04 bits per heavy atom. The molecule has 0 saturated carbocycles. The van der Waals surface area contributed by atoms with Crippen LogP contribution in [0.3, 0.4) is 0 Å². The summed E-state index contributed by atoms with van der Waals surface area (Å²) >= 11 is 6.02. The van der Waals surface area contributed by atoms with Gasteiger partial charge < -0.3 is 20.0 Å². The van der Waals surface area contributed by atoms with Crippen molar-refractivity contribution < 1.29 is 13.7 Å². The molecular formula is C19H20ClN3O3. The number of nitrogens with zero attached hydrogens (tertiary/aromatic N) is 1. The summed E-state index contributed by atoms with van der Waals surface area (Å²) in [5, 5.41) is 7.34. The number of hydrogen-bond donors (Lipinski definition) is 2. The highest BCUT2D eigenvalue weighted by atomic mass is 35.5. The van der Waals surface area contributed by atoms with E-state index in [1.54, 1.807) is 24.3 Å². The fourth-order valence-electron chi connectivity index (χ4n) is 2.62. The van der Waals surface area contributed by atoms with Gasteiger partial charge in [-0.05, 0) is 30.7 Å². The van der Waals surface area contributed by atoms with E-state index in [4.69, 9.17) is 26.3 Å². The zero-order valence-electron chi connectivity index (χ0n) is 14.4. The van der Waals surface area contributed by atoms with Crippen molar-refractivity contribution in [3.8, 4) is 22.8 Å². The van der Waals surface area contributed by atoms with Gasteiger partial charge in [-0.15, -0.1) is 0 Å². The average molecular weight is 374 g/mol. The van der Waals surface area contributed by atoms with Crippen molar-refractivity contribution in [2.24, 2.45) is 0 Å². The summed E-state index contributed by atoms with van der Waals surface area (Å²) < 4.78 is 10.9. The van der Waals surface area contributed by atoms with Crippen molar-refractivity contribution in [1.29, 1.82) is 0 Å². The van der Waals surface area contributed by atoms with E-state index in [2.05, 4.69) is 17.4 Å². The molecule has 0 radical (unpaired) electrons. The molecule has 2 heterocycles. The molecule has 1 aromatic carbocycles. The molecule has 6 nitrogen and oxygen atoms in total. The average Bonchev–Trinajstić information content (AvgIpc) is 3.25. The molecule has 26 heavy (non-hydrogen) atoms. The van der Waals surface area contributed by atoms with E-state index in [9.17, 15) is 4.79 Å². The number of carbonyl (C=O) groups excluding carboxylic acids is 1. The summed E-state index contributed by atoms with van der Waals surface area (Å²) in [5.41, 5.74) is 7.09. The van der Waals surface area contributed by atoms with Crippen molar-refractivity contribution in [3.05, 3.63) is 47.0 Å². The van der Waals surface area contributed by atoms with E-state index in [0.29, 0.717) is 23.1 Å². The first-order chi connectivity index (χ1) is 12.6. The van der Waals surface area contributed by atoms with E-state index in [1.807, 2.05) is 12.1 Å². The molecule has 0 aliphatic heterocycles. The summed E-state index contributed by atoms with van der Waals surface area (Å²) in [5.74, 6) is 0.654. The largest absolute Gasteiger partial charge is 0.454 e. The molecular weight excluding hydrogens is 354 g/mol. The van der Waals surface area contributed by atoms with Crippen LogP contribution in [0.4, 0.5) is 5.88 Å². The van der Waals surface area contributed by atoms with Crippen LogP contribution in [0.25, 0.3) is 22.8 Å². The normalized spacial score (nSPS) is 10.8. The van der Waals surface area contributed by atoms with Crippen LogP contribution in [0.2, 0.25) is 5.02 Å². The molecule has 1 amide bonds. The van der Waals surface area contributed by atoms with Gasteiger partial charge in [0.2, 0.25) is 5.88 Å². The number of furan rings is 1. The smallest absolute Gasteiger partial charge is 0.259 e. The van der Waals surface area contributed by atoms with Crippen LogP contribution in [-0.2, 0) is 0 Å². The van der Waals surface area contributed by atoms with E-state index < -0.39 is 0 Å². The van der Waals surface area contributed by atoms with Gasteiger partial charge >= 0.3 is 0 Å². The van der Waals surface area contributed by atoms with Crippen LogP contribution in [0, 0.1) is 0 Å². The van der Waals surface area contributed by atoms with E-state index in [1.165, 1.54) is 0 Å². The molecule has 2 aromatic heterocycles. The number of halogens is 1. The van der Waals surface area contributed by atoms with Gasteiger partial charge in [-0.1, -0.05) is 48.7 Å². The highest BCUT2D eigenvalue weighted by molar-refractivity contribution is 6.30. The Labute approximate surface area is 156 Å². The lowest BCUT2D eigenvalue weighted by molar-refractivity contribution is 0.0954. The number of carbonyl (C=O) groups is 1. The number of unbranched alkanes of at least 4 members (excludes halogenated alkanes) is 2. The molecule has 0 unspecified atom stereocenters. The molecule has 3 aromatic rings. The summed E-state index contributed by atoms with van der Waals surface area (Å²) in [6, 6.07) is 10.8. The standard InChI is InChI=1S/C19H20ClN3O3/c1-2-3-4-10-22-19(24)16-17(23-26-18(16)21)15-9-8-14(25-15)12-6-5-7-13(20)11-12/h5-9,11H,2-4,10,21H2,1H3,(H,22,24). The third kappa shape index (κ3) is 3.91. The zero-order valence-corrected chi connectivity index (χ0v) is 15.2. The number of nitrogens with two attached hydrogens (primary N) is 1. The lowest BCUT2D eigenvalue weighted by Gasteiger charge is -2.04. The van der Waals surface area contributed by atoms with Gasteiger partial charge in [0.25, 0.3) is 5.91 Å². The second-order valence-electron chi connectivity index (χ2n) is 5.91. The number of aromatic nitrogens is 1. The van der Waals surface area contributed by atoms with Gasteiger partial charge in [0.05, 0.1) is 0 Å². The van der Waals surface area contributed by atoms with Crippen LogP contribution in [0.1, 0.15) is 36.5 Å². The fraction of sp³-hybridized carbons (Fsp3) is 0.263. The molecule has 0 saturated heterocycles. The number of nitrogens with one attached hydrogen (secondary N) is 1. The van der Waals surface area contributed by atoms with Crippen LogP contribution in [-0.4, -0.2) is 17.6 Å². The van der Waals surface area contributed by atoms with Gasteiger partial charge in [0, 0.05) is 17.1 Å². The molecule has 136 valence electrons. The second kappa shape index (κ2) is 8.10. The fourth-order valence-corrected chi connectivity index (χ4v) is 2.81. The SMILES string of the molecule is CCCCCNC(=O)c1c(-c2ccc(-c3cccc(Cl)c3)o2)noc1N. The second-order valence-corrected chi connectivity index (χ2v) is 6.34. The Balaban J connectivity index is 1.83. The molecule has 3 rings (SSSR count). The Bertz CT molecular complexity index is 901. The maximum atomic E-state index is 12.5. The molecule has 0 aliphatic rings. The molecule has 7 heteroatoms. The number of hydrogen-bond acceptors (Lipinski definition) is 5. The van der Waals surface area contributed by atoms with E-state index in [-0.39, 0.29) is 23.0 Å². The van der Waals surface area contributed by atoms with Gasteiger partial charge in [-0.3, -0.25) is 4.79 Å². The summed E-state index contributed by atoms with van der Waals surface area (Å²) in [7, 11) is 0. The number of nitrogen functional groups attached to an aromatic ring is 1. The predicted octanol–water partition coefficient (Wildman–Crippen LogP) is 4.76. The van der Waals surface area contributed by atoms with E-state index in [0.717, 1.165) is 24.8 Å². The lowest BCUT2D eigenvalue weighted by Crippen LogP contribution is -2.25. The maximum absolute atomic E-state index is 12.5. The maximum Gasteiger partial charge on any atom is 0.259 e. The first-order valence-corrected chi connectivity index (χ1v) is 8.87. The molecule has 0 spiro atoms. The minimum atomic E-state index is -0.324. The third-order valence-corrected chi connectivity index (χ3v) is 4.20. The zero-order chi connectivity index (χ0) is 18.5. The van der Waals surface area contributed by atoms with Crippen molar-refractivity contribution in [2.75, 3.05) is 12.3 Å². The highest BCUT2D eigenvalue weighted by Gasteiger charge is 2.24. The molecule has 0 bridgehead atoms. The quantitative estimate of drug-likeness (QED) is 0.582. The Morgan fingerprint density at radius 1 is 1.23 bits per heavy atom. The van der Waals surface area contributed by atoms with E-state index >= 15 is 0 Å². The lowest BCUT2D eigenvalue weighted by atomic mass is 10.1. The van der Waals surface area contributed by atoms with Gasteiger partial charge in [-0.2, -0.15) is 0 Å². The van der Waals surface area contributed by atoms with Gasteiger partial charge in [0.1, 0.15) is 11.3 Å². The first-order valence-electron chi connectivity index (χ1n) is 8.49. The first kappa shape index (κ1) is 18.1.